The molecule has 0 aliphatic carbocycles. The predicted octanol–water partition coefficient (Wildman–Crippen LogP) is 3.01. The summed E-state index contributed by atoms with van der Waals surface area (Å²) in [6.45, 7) is 0.448. The number of hydrogen-bond donors (Lipinski definition) is 1. The number of imide groups is 1. The first-order valence-corrected chi connectivity index (χ1v) is 8.48. The standard InChI is InChI=1S/C21H16N2O4/c24-19(22-12-14-5-2-1-3-6-14)15-8-9-17-18(11-15)21(26)23(20(17)25)13-16-7-4-10-27-16/h1-11H,12-13H2,(H,22,24). The number of fused-ring (bicyclic) bond motifs is 1. The topological polar surface area (TPSA) is 79.6 Å². The molecule has 1 aliphatic heterocycles. The van der Waals surface area contributed by atoms with E-state index in [2.05, 4.69) is 5.32 Å². The first kappa shape index (κ1) is 16.8. The molecule has 2 heterocycles. The van der Waals surface area contributed by atoms with Crippen LogP contribution in [0.4, 0.5) is 0 Å². The van der Waals surface area contributed by atoms with Gasteiger partial charge in [0.15, 0.2) is 0 Å². The minimum absolute atomic E-state index is 0.0644. The molecule has 0 saturated heterocycles. The van der Waals surface area contributed by atoms with Gasteiger partial charge in [0.2, 0.25) is 0 Å². The van der Waals surface area contributed by atoms with Crippen molar-refractivity contribution in [3.05, 3.63) is 94.9 Å². The Kier molecular flexibility index (Phi) is 4.30. The first-order valence-electron chi connectivity index (χ1n) is 8.48. The number of benzene rings is 2. The highest BCUT2D eigenvalue weighted by Crippen LogP contribution is 2.25. The van der Waals surface area contributed by atoms with Crippen LogP contribution in [-0.4, -0.2) is 22.6 Å². The molecular weight excluding hydrogens is 344 g/mol. The molecule has 1 N–H and O–H groups in total. The van der Waals surface area contributed by atoms with Crippen LogP contribution in [0, 0.1) is 0 Å². The van der Waals surface area contributed by atoms with Gasteiger partial charge in [-0.25, -0.2) is 0 Å². The van der Waals surface area contributed by atoms with Crippen LogP contribution in [0.3, 0.4) is 0 Å². The zero-order valence-electron chi connectivity index (χ0n) is 14.3. The van der Waals surface area contributed by atoms with Gasteiger partial charge < -0.3 is 9.73 Å². The Hall–Kier alpha value is -3.67. The monoisotopic (exact) mass is 360 g/mol. The summed E-state index contributed by atoms with van der Waals surface area (Å²) in [7, 11) is 0. The molecule has 2 aromatic carbocycles. The van der Waals surface area contributed by atoms with Crippen LogP contribution in [0.25, 0.3) is 0 Å². The molecular formula is C21H16N2O4. The Morgan fingerprint density at radius 1 is 0.926 bits per heavy atom. The van der Waals surface area contributed by atoms with E-state index in [1.807, 2.05) is 30.3 Å². The van der Waals surface area contributed by atoms with Gasteiger partial charge in [0.25, 0.3) is 17.7 Å². The molecule has 3 amide bonds. The Balaban J connectivity index is 1.51. The lowest BCUT2D eigenvalue weighted by molar-refractivity contribution is 0.0631. The van der Waals surface area contributed by atoms with Crippen LogP contribution in [0.5, 0.6) is 0 Å². The molecule has 0 unspecified atom stereocenters. The number of carbonyl (C=O) groups is 3. The first-order chi connectivity index (χ1) is 13.1. The zero-order valence-corrected chi connectivity index (χ0v) is 14.3. The number of nitrogens with one attached hydrogen (secondary N) is 1. The largest absolute Gasteiger partial charge is 0.467 e. The van der Waals surface area contributed by atoms with Crippen molar-refractivity contribution in [1.29, 1.82) is 0 Å². The van der Waals surface area contributed by atoms with E-state index in [0.29, 0.717) is 23.4 Å². The van der Waals surface area contributed by atoms with Gasteiger partial charge in [0.05, 0.1) is 23.9 Å². The fourth-order valence-corrected chi connectivity index (χ4v) is 3.01. The second-order valence-electron chi connectivity index (χ2n) is 6.20. The molecule has 27 heavy (non-hydrogen) atoms. The number of amides is 3. The van der Waals surface area contributed by atoms with Gasteiger partial charge in [-0.2, -0.15) is 0 Å². The van der Waals surface area contributed by atoms with E-state index in [4.69, 9.17) is 4.42 Å². The Morgan fingerprint density at radius 3 is 2.44 bits per heavy atom. The van der Waals surface area contributed by atoms with Crippen molar-refractivity contribution in [2.45, 2.75) is 13.1 Å². The van der Waals surface area contributed by atoms with Crippen molar-refractivity contribution in [2.75, 3.05) is 0 Å². The van der Waals surface area contributed by atoms with Crippen LogP contribution in [-0.2, 0) is 13.1 Å². The molecule has 1 aliphatic rings. The molecule has 0 spiro atoms. The third kappa shape index (κ3) is 3.25. The number of rotatable bonds is 5. The molecule has 0 radical (unpaired) electrons. The van der Waals surface area contributed by atoms with Crippen molar-refractivity contribution < 1.29 is 18.8 Å². The van der Waals surface area contributed by atoms with Crippen molar-refractivity contribution >= 4 is 17.7 Å². The molecule has 6 heteroatoms. The van der Waals surface area contributed by atoms with Gasteiger partial charge in [-0.15, -0.1) is 0 Å². The van der Waals surface area contributed by atoms with Gasteiger partial charge in [-0.1, -0.05) is 30.3 Å². The van der Waals surface area contributed by atoms with Crippen molar-refractivity contribution in [1.82, 2.24) is 10.2 Å². The highest BCUT2D eigenvalue weighted by atomic mass is 16.3. The summed E-state index contributed by atoms with van der Waals surface area (Å²) in [5.74, 6) is -0.594. The highest BCUT2D eigenvalue weighted by molar-refractivity contribution is 6.22. The van der Waals surface area contributed by atoms with Crippen LogP contribution in [0.15, 0.2) is 71.3 Å². The van der Waals surface area contributed by atoms with Crippen molar-refractivity contribution in [3.8, 4) is 0 Å². The smallest absolute Gasteiger partial charge is 0.261 e. The highest BCUT2D eigenvalue weighted by Gasteiger charge is 2.36. The molecule has 4 rings (SSSR count). The second kappa shape index (κ2) is 6.92. The molecule has 0 saturated carbocycles. The third-order valence-corrected chi connectivity index (χ3v) is 4.42. The van der Waals surface area contributed by atoms with Gasteiger partial charge in [0, 0.05) is 12.1 Å². The van der Waals surface area contributed by atoms with Crippen LogP contribution < -0.4 is 5.32 Å². The number of carbonyl (C=O) groups excluding carboxylic acids is 3. The zero-order chi connectivity index (χ0) is 18.8. The van der Waals surface area contributed by atoms with E-state index in [1.165, 1.54) is 18.4 Å². The summed E-state index contributed by atoms with van der Waals surface area (Å²) in [6, 6.07) is 17.5. The minimum atomic E-state index is -0.427. The molecule has 3 aromatic rings. The molecule has 0 fully saturated rings. The summed E-state index contributed by atoms with van der Waals surface area (Å²) in [6.07, 6.45) is 1.49. The Morgan fingerprint density at radius 2 is 1.70 bits per heavy atom. The SMILES string of the molecule is O=C(NCc1ccccc1)c1ccc2c(c1)C(=O)N(Cc1ccco1)C2=O. The van der Waals surface area contributed by atoms with Crippen LogP contribution in [0.1, 0.15) is 42.4 Å². The fraction of sp³-hybridized carbons (Fsp3) is 0.0952. The van der Waals surface area contributed by atoms with Gasteiger partial charge in [-0.05, 0) is 35.9 Å². The van der Waals surface area contributed by atoms with E-state index in [-0.39, 0.29) is 23.9 Å². The Bertz CT molecular complexity index is 1010. The van der Waals surface area contributed by atoms with Crippen LogP contribution >= 0.6 is 0 Å². The maximum absolute atomic E-state index is 12.6. The van der Waals surface area contributed by atoms with Gasteiger partial charge >= 0.3 is 0 Å². The number of nitrogens with zero attached hydrogens (tertiary/aromatic N) is 1. The summed E-state index contributed by atoms with van der Waals surface area (Å²) in [4.78, 5) is 38.6. The lowest BCUT2D eigenvalue weighted by Gasteiger charge is -2.11. The van der Waals surface area contributed by atoms with Gasteiger partial charge in [0.1, 0.15) is 5.76 Å². The molecule has 1 aromatic heterocycles. The maximum Gasteiger partial charge on any atom is 0.261 e. The predicted molar refractivity (Wildman–Crippen MR) is 97.0 cm³/mol. The minimum Gasteiger partial charge on any atom is -0.467 e. The van der Waals surface area contributed by atoms with Crippen LogP contribution in [0.2, 0.25) is 0 Å². The number of furan rings is 1. The normalized spacial score (nSPS) is 13.0. The summed E-state index contributed by atoms with van der Waals surface area (Å²) in [5, 5.41) is 2.82. The van der Waals surface area contributed by atoms with E-state index >= 15 is 0 Å². The summed E-state index contributed by atoms with van der Waals surface area (Å²) in [5.41, 5.74) is 1.85. The molecule has 134 valence electrons. The average Bonchev–Trinajstić information content (AvgIpc) is 3.30. The lowest BCUT2D eigenvalue weighted by Crippen LogP contribution is -2.28. The van der Waals surface area contributed by atoms with E-state index < -0.39 is 5.91 Å². The maximum atomic E-state index is 12.6. The van der Waals surface area contributed by atoms with E-state index in [0.717, 1.165) is 10.5 Å². The summed E-state index contributed by atoms with van der Waals surface area (Å²) < 4.78 is 5.22. The quantitative estimate of drug-likeness (QED) is 0.710. The summed E-state index contributed by atoms with van der Waals surface area (Å²) >= 11 is 0. The van der Waals surface area contributed by atoms with E-state index in [1.54, 1.807) is 18.2 Å². The molecule has 6 nitrogen and oxygen atoms in total. The Labute approximate surface area is 155 Å². The third-order valence-electron chi connectivity index (χ3n) is 4.42. The molecule has 0 bridgehead atoms. The number of hydrogen-bond acceptors (Lipinski definition) is 4. The van der Waals surface area contributed by atoms with Crippen molar-refractivity contribution in [2.24, 2.45) is 0 Å². The van der Waals surface area contributed by atoms with Gasteiger partial charge in [-0.3, -0.25) is 19.3 Å². The van der Waals surface area contributed by atoms with Crippen molar-refractivity contribution in [3.63, 3.8) is 0 Å². The lowest BCUT2D eigenvalue weighted by atomic mass is 10.1. The molecule has 0 atom stereocenters. The second-order valence-corrected chi connectivity index (χ2v) is 6.20. The fourth-order valence-electron chi connectivity index (χ4n) is 3.01. The average molecular weight is 360 g/mol. The van der Waals surface area contributed by atoms with E-state index in [9.17, 15) is 14.4 Å².